The van der Waals surface area contributed by atoms with Crippen LogP contribution in [0.1, 0.15) is 71.5 Å². The van der Waals surface area contributed by atoms with Crippen molar-refractivity contribution in [2.45, 2.75) is 78.3 Å². The largest absolute Gasteiger partial charge is 0.314 e. The molecule has 0 aliphatic rings. The van der Waals surface area contributed by atoms with Gasteiger partial charge in [0.25, 0.3) is 0 Å². The molecule has 0 saturated heterocycles. The maximum absolute atomic E-state index is 4.73. The third-order valence-corrected chi connectivity index (χ3v) is 3.86. The molecule has 19 heavy (non-hydrogen) atoms. The second-order valence-electron chi connectivity index (χ2n) is 5.34. The molecule has 0 aliphatic carbocycles. The number of rotatable bonds is 10. The highest BCUT2D eigenvalue weighted by Crippen LogP contribution is 2.15. The van der Waals surface area contributed by atoms with Gasteiger partial charge in [-0.1, -0.05) is 34.1 Å². The van der Waals surface area contributed by atoms with Crippen molar-refractivity contribution in [2.75, 3.05) is 6.54 Å². The van der Waals surface area contributed by atoms with Gasteiger partial charge in [-0.15, -0.1) is 0 Å². The average molecular weight is 265 g/mol. The Labute approximate surface area is 118 Å². The zero-order chi connectivity index (χ0) is 14.1. The Hall–Kier alpha value is -0.830. The van der Waals surface area contributed by atoms with Crippen LogP contribution in [0.15, 0.2) is 12.3 Å². The molecule has 1 rings (SSSR count). The summed E-state index contributed by atoms with van der Waals surface area (Å²) in [5, 5.41) is 8.30. The van der Waals surface area contributed by atoms with E-state index in [-0.39, 0.29) is 0 Å². The molecule has 0 radical (unpaired) electrons. The summed E-state index contributed by atoms with van der Waals surface area (Å²) in [5.74, 6) is 0. The predicted octanol–water partition coefficient (Wildman–Crippen LogP) is 3.96. The molecule has 3 nitrogen and oxygen atoms in total. The quantitative estimate of drug-likeness (QED) is 0.694. The molecule has 0 amide bonds. The third kappa shape index (κ3) is 5.35. The summed E-state index contributed by atoms with van der Waals surface area (Å²) >= 11 is 0. The van der Waals surface area contributed by atoms with Gasteiger partial charge in [0.15, 0.2) is 0 Å². The highest BCUT2D eigenvalue weighted by molar-refractivity contribution is 5.00. The minimum atomic E-state index is 0.564. The lowest BCUT2D eigenvalue weighted by molar-refractivity contribution is 0.420. The SMILES string of the molecule is CCCC(CCc1ccn(C(CC)CC)n1)NCC. The van der Waals surface area contributed by atoms with Gasteiger partial charge in [-0.2, -0.15) is 5.10 Å². The van der Waals surface area contributed by atoms with Crippen molar-refractivity contribution in [2.24, 2.45) is 0 Å². The fourth-order valence-corrected chi connectivity index (χ4v) is 2.68. The average Bonchev–Trinajstić information content (AvgIpc) is 2.87. The van der Waals surface area contributed by atoms with E-state index in [1.54, 1.807) is 0 Å². The first-order valence-electron chi connectivity index (χ1n) is 8.02. The molecule has 0 aliphatic heterocycles. The molecular formula is C16H31N3. The molecule has 1 unspecified atom stereocenters. The fraction of sp³-hybridized carbons (Fsp3) is 0.812. The third-order valence-electron chi connectivity index (χ3n) is 3.86. The normalized spacial score (nSPS) is 13.1. The molecule has 1 aromatic heterocycles. The number of nitrogens with zero attached hydrogens (tertiary/aromatic N) is 2. The van der Waals surface area contributed by atoms with Gasteiger partial charge in [0, 0.05) is 12.2 Å². The molecule has 0 aromatic carbocycles. The molecular weight excluding hydrogens is 234 g/mol. The second kappa shape index (κ2) is 9.13. The predicted molar refractivity (Wildman–Crippen MR) is 82.5 cm³/mol. The molecule has 1 N–H and O–H groups in total. The monoisotopic (exact) mass is 265 g/mol. The van der Waals surface area contributed by atoms with Crippen LogP contribution in [0.4, 0.5) is 0 Å². The van der Waals surface area contributed by atoms with E-state index in [1.165, 1.54) is 25.0 Å². The van der Waals surface area contributed by atoms with Gasteiger partial charge in [0.2, 0.25) is 0 Å². The molecule has 1 aromatic rings. The molecule has 0 spiro atoms. The molecule has 0 saturated carbocycles. The smallest absolute Gasteiger partial charge is 0.0625 e. The van der Waals surface area contributed by atoms with E-state index in [2.05, 4.69) is 50.0 Å². The molecule has 1 atom stereocenters. The molecule has 0 fully saturated rings. The number of hydrogen-bond acceptors (Lipinski definition) is 2. The van der Waals surface area contributed by atoms with Crippen molar-refractivity contribution in [3.63, 3.8) is 0 Å². The Balaban J connectivity index is 2.48. The van der Waals surface area contributed by atoms with Gasteiger partial charge in [0.1, 0.15) is 0 Å². The lowest BCUT2D eigenvalue weighted by Gasteiger charge is -2.16. The summed E-state index contributed by atoms with van der Waals surface area (Å²) in [6.45, 7) is 9.97. The Morgan fingerprint density at radius 3 is 2.47 bits per heavy atom. The fourth-order valence-electron chi connectivity index (χ4n) is 2.68. The number of aromatic nitrogens is 2. The summed E-state index contributed by atoms with van der Waals surface area (Å²) in [7, 11) is 0. The Bertz CT molecular complexity index is 322. The van der Waals surface area contributed by atoms with E-state index in [1.807, 2.05) is 0 Å². The van der Waals surface area contributed by atoms with Crippen LogP contribution in [-0.4, -0.2) is 22.4 Å². The standard InChI is InChI=1S/C16H31N3/c1-5-9-14(17-8-4)10-11-15-12-13-19(18-15)16(6-2)7-3/h12-14,16-17H,5-11H2,1-4H3. The van der Waals surface area contributed by atoms with Crippen LogP contribution in [0.5, 0.6) is 0 Å². The van der Waals surface area contributed by atoms with E-state index in [9.17, 15) is 0 Å². The van der Waals surface area contributed by atoms with Crippen molar-refractivity contribution in [3.05, 3.63) is 18.0 Å². The van der Waals surface area contributed by atoms with Gasteiger partial charge in [-0.3, -0.25) is 4.68 Å². The first kappa shape index (κ1) is 16.2. The summed E-state index contributed by atoms with van der Waals surface area (Å²) in [4.78, 5) is 0. The molecule has 3 heteroatoms. The van der Waals surface area contributed by atoms with E-state index < -0.39 is 0 Å². The molecule has 0 bridgehead atoms. The number of hydrogen-bond donors (Lipinski definition) is 1. The first-order valence-corrected chi connectivity index (χ1v) is 8.02. The molecule has 1 heterocycles. The van der Waals surface area contributed by atoms with Crippen LogP contribution >= 0.6 is 0 Å². The highest BCUT2D eigenvalue weighted by Gasteiger charge is 2.10. The summed E-state index contributed by atoms with van der Waals surface area (Å²) in [5.41, 5.74) is 1.24. The van der Waals surface area contributed by atoms with Crippen LogP contribution in [0.2, 0.25) is 0 Å². The van der Waals surface area contributed by atoms with Gasteiger partial charge < -0.3 is 5.32 Å². The van der Waals surface area contributed by atoms with Crippen molar-refractivity contribution >= 4 is 0 Å². The lowest BCUT2D eigenvalue weighted by atomic mass is 10.1. The van der Waals surface area contributed by atoms with E-state index in [0.717, 1.165) is 25.8 Å². The van der Waals surface area contributed by atoms with Crippen LogP contribution in [-0.2, 0) is 6.42 Å². The van der Waals surface area contributed by atoms with E-state index >= 15 is 0 Å². The Kier molecular flexibility index (Phi) is 7.80. The second-order valence-corrected chi connectivity index (χ2v) is 5.34. The minimum Gasteiger partial charge on any atom is -0.314 e. The van der Waals surface area contributed by atoms with Crippen molar-refractivity contribution in [3.8, 4) is 0 Å². The number of aryl methyl sites for hydroxylation is 1. The van der Waals surface area contributed by atoms with Gasteiger partial charge in [-0.25, -0.2) is 0 Å². The summed E-state index contributed by atoms with van der Waals surface area (Å²) in [6, 6.07) is 3.40. The summed E-state index contributed by atoms with van der Waals surface area (Å²) in [6.07, 6.45) is 9.27. The zero-order valence-corrected chi connectivity index (χ0v) is 13.2. The first-order chi connectivity index (χ1) is 9.24. The van der Waals surface area contributed by atoms with Crippen LogP contribution in [0.3, 0.4) is 0 Å². The maximum Gasteiger partial charge on any atom is 0.0625 e. The zero-order valence-electron chi connectivity index (χ0n) is 13.2. The Morgan fingerprint density at radius 1 is 1.16 bits per heavy atom. The van der Waals surface area contributed by atoms with E-state index in [4.69, 9.17) is 5.10 Å². The van der Waals surface area contributed by atoms with E-state index in [0.29, 0.717) is 12.1 Å². The van der Waals surface area contributed by atoms with Crippen molar-refractivity contribution in [1.29, 1.82) is 0 Å². The maximum atomic E-state index is 4.73. The van der Waals surface area contributed by atoms with Crippen LogP contribution in [0.25, 0.3) is 0 Å². The van der Waals surface area contributed by atoms with Crippen LogP contribution in [0, 0.1) is 0 Å². The molecule has 110 valence electrons. The van der Waals surface area contributed by atoms with Gasteiger partial charge in [0.05, 0.1) is 11.7 Å². The van der Waals surface area contributed by atoms with Gasteiger partial charge in [-0.05, 0) is 44.7 Å². The minimum absolute atomic E-state index is 0.564. The Morgan fingerprint density at radius 2 is 1.89 bits per heavy atom. The topological polar surface area (TPSA) is 29.9 Å². The summed E-state index contributed by atoms with van der Waals surface area (Å²) < 4.78 is 2.15. The van der Waals surface area contributed by atoms with Crippen LogP contribution < -0.4 is 5.32 Å². The van der Waals surface area contributed by atoms with Crippen molar-refractivity contribution < 1.29 is 0 Å². The van der Waals surface area contributed by atoms with Crippen molar-refractivity contribution in [1.82, 2.24) is 15.1 Å². The lowest BCUT2D eigenvalue weighted by Crippen LogP contribution is -2.29. The number of nitrogens with one attached hydrogen (secondary N) is 1. The highest BCUT2D eigenvalue weighted by atomic mass is 15.3. The van der Waals surface area contributed by atoms with Gasteiger partial charge >= 0.3 is 0 Å².